The minimum absolute atomic E-state index is 0.126. The van der Waals surface area contributed by atoms with E-state index in [-0.39, 0.29) is 11.1 Å². The number of hydrogen-bond acceptors (Lipinski definition) is 8. The van der Waals surface area contributed by atoms with E-state index in [9.17, 15) is 9.59 Å². The van der Waals surface area contributed by atoms with Gasteiger partial charge in [-0.2, -0.15) is 0 Å². The number of nitrogens with one attached hydrogen (secondary N) is 1. The Morgan fingerprint density at radius 2 is 1.76 bits per heavy atom. The van der Waals surface area contributed by atoms with E-state index in [4.69, 9.17) is 23.4 Å². The SMILES string of the molecule is CCOc1cc(N2CCOCC2)c(OCC)cc1NC(=O)c1cc2cccc(OC)c2oc1=O. The summed E-state index contributed by atoms with van der Waals surface area (Å²) in [7, 11) is 1.49. The zero-order chi connectivity index (χ0) is 24.1. The predicted octanol–water partition coefficient (Wildman–Crippen LogP) is 3.69. The highest BCUT2D eigenvalue weighted by Crippen LogP contribution is 2.39. The topological polar surface area (TPSA) is 99.5 Å². The maximum atomic E-state index is 13.1. The van der Waals surface area contributed by atoms with E-state index in [1.165, 1.54) is 13.2 Å². The smallest absolute Gasteiger partial charge is 0.349 e. The van der Waals surface area contributed by atoms with Gasteiger partial charge in [0.25, 0.3) is 5.91 Å². The Bertz CT molecular complexity index is 1230. The van der Waals surface area contributed by atoms with E-state index in [2.05, 4.69) is 10.2 Å². The molecule has 9 nitrogen and oxygen atoms in total. The summed E-state index contributed by atoms with van der Waals surface area (Å²) in [5.41, 5.74) is 0.664. The largest absolute Gasteiger partial charge is 0.493 e. The average Bonchev–Trinajstić information content (AvgIpc) is 2.85. The fourth-order valence-electron chi connectivity index (χ4n) is 3.87. The molecule has 0 bridgehead atoms. The third-order valence-corrected chi connectivity index (χ3v) is 5.45. The maximum Gasteiger partial charge on any atom is 0.349 e. The Kier molecular flexibility index (Phi) is 7.22. The molecule has 0 spiro atoms. The predicted molar refractivity (Wildman–Crippen MR) is 129 cm³/mol. The molecule has 1 N–H and O–H groups in total. The quantitative estimate of drug-likeness (QED) is 0.500. The van der Waals surface area contributed by atoms with Crippen molar-refractivity contribution in [1.82, 2.24) is 0 Å². The van der Waals surface area contributed by atoms with Crippen LogP contribution in [0.2, 0.25) is 0 Å². The first kappa shape index (κ1) is 23.4. The molecular weight excluding hydrogens is 440 g/mol. The lowest BCUT2D eigenvalue weighted by Gasteiger charge is -2.31. The van der Waals surface area contributed by atoms with Crippen molar-refractivity contribution in [1.29, 1.82) is 0 Å². The van der Waals surface area contributed by atoms with Crippen molar-refractivity contribution < 1.29 is 28.2 Å². The fourth-order valence-corrected chi connectivity index (χ4v) is 3.87. The van der Waals surface area contributed by atoms with Crippen LogP contribution < -0.4 is 30.1 Å². The highest BCUT2D eigenvalue weighted by molar-refractivity contribution is 6.06. The van der Waals surface area contributed by atoms with Gasteiger partial charge in [-0.1, -0.05) is 12.1 Å². The molecule has 1 aliphatic heterocycles. The van der Waals surface area contributed by atoms with Crippen molar-refractivity contribution in [2.75, 3.05) is 56.8 Å². The molecule has 1 fully saturated rings. The molecule has 9 heteroatoms. The van der Waals surface area contributed by atoms with E-state index in [1.54, 1.807) is 24.3 Å². The second kappa shape index (κ2) is 10.5. The molecule has 2 aromatic carbocycles. The number of carbonyl (C=O) groups excluding carboxylic acids is 1. The van der Waals surface area contributed by atoms with Crippen molar-refractivity contribution in [2.45, 2.75) is 13.8 Å². The zero-order valence-corrected chi connectivity index (χ0v) is 19.5. The zero-order valence-electron chi connectivity index (χ0n) is 19.5. The van der Waals surface area contributed by atoms with Crippen LogP contribution in [0.15, 0.2) is 45.6 Å². The molecule has 180 valence electrons. The van der Waals surface area contributed by atoms with E-state index < -0.39 is 11.5 Å². The normalized spacial score (nSPS) is 13.6. The maximum absolute atomic E-state index is 13.1. The molecule has 1 saturated heterocycles. The van der Waals surface area contributed by atoms with Crippen LogP contribution in [0, 0.1) is 0 Å². The van der Waals surface area contributed by atoms with Crippen LogP contribution in [0.5, 0.6) is 17.2 Å². The van der Waals surface area contributed by atoms with Gasteiger partial charge in [0.05, 0.1) is 44.9 Å². The van der Waals surface area contributed by atoms with Crippen molar-refractivity contribution in [2.24, 2.45) is 0 Å². The van der Waals surface area contributed by atoms with Crippen LogP contribution in [0.4, 0.5) is 11.4 Å². The number of para-hydroxylation sites is 1. The Hall–Kier alpha value is -3.72. The number of rotatable bonds is 8. The number of anilines is 2. The minimum Gasteiger partial charge on any atom is -0.493 e. The molecule has 4 rings (SSSR count). The third kappa shape index (κ3) is 4.79. The summed E-state index contributed by atoms with van der Waals surface area (Å²) in [5.74, 6) is 0.896. The Morgan fingerprint density at radius 3 is 2.47 bits per heavy atom. The number of nitrogens with zero attached hydrogens (tertiary/aromatic N) is 1. The van der Waals surface area contributed by atoms with Crippen LogP contribution in [0.3, 0.4) is 0 Å². The molecule has 0 atom stereocenters. The Morgan fingerprint density at radius 1 is 1.03 bits per heavy atom. The summed E-state index contributed by atoms with van der Waals surface area (Å²) in [6.45, 7) is 7.30. The molecule has 34 heavy (non-hydrogen) atoms. The molecule has 1 aliphatic rings. The molecule has 1 amide bonds. The molecule has 0 saturated carbocycles. The number of fused-ring (bicyclic) bond motifs is 1. The average molecular weight is 469 g/mol. The van der Waals surface area contributed by atoms with Gasteiger partial charge in [0.2, 0.25) is 0 Å². The summed E-state index contributed by atoms with van der Waals surface area (Å²) in [5, 5.41) is 3.37. The summed E-state index contributed by atoms with van der Waals surface area (Å²) < 4.78 is 27.8. The van der Waals surface area contributed by atoms with Crippen molar-refractivity contribution in [3.8, 4) is 17.2 Å². The molecule has 3 aromatic rings. The van der Waals surface area contributed by atoms with Gasteiger partial charge in [-0.15, -0.1) is 0 Å². The fraction of sp³-hybridized carbons (Fsp3) is 0.360. The number of hydrogen-bond donors (Lipinski definition) is 1. The lowest BCUT2D eigenvalue weighted by atomic mass is 10.1. The minimum atomic E-state index is -0.762. The number of ether oxygens (including phenoxy) is 4. The standard InChI is InChI=1S/C25H28N2O7/c1-4-32-21-15-19(27-9-11-31-12-10-27)22(33-5-2)14-18(21)26-24(28)17-13-16-7-6-8-20(30-3)23(16)34-25(17)29/h6-8,13-15H,4-5,9-12H2,1-3H3,(H,26,28). The van der Waals surface area contributed by atoms with Crippen molar-refractivity contribution in [3.63, 3.8) is 0 Å². The van der Waals surface area contributed by atoms with Crippen LogP contribution in [0.25, 0.3) is 11.0 Å². The van der Waals surface area contributed by atoms with Gasteiger partial charge in [0.1, 0.15) is 17.1 Å². The molecule has 0 radical (unpaired) electrons. The first-order chi connectivity index (χ1) is 16.5. The number of benzene rings is 2. The molecule has 0 aliphatic carbocycles. The van der Waals surface area contributed by atoms with Gasteiger partial charge >= 0.3 is 5.63 Å². The molecule has 1 aromatic heterocycles. The lowest BCUT2D eigenvalue weighted by Crippen LogP contribution is -2.36. The van der Waals surface area contributed by atoms with Crippen LogP contribution in [-0.2, 0) is 4.74 Å². The molecule has 2 heterocycles. The molecular formula is C25H28N2O7. The monoisotopic (exact) mass is 468 g/mol. The number of amides is 1. The number of morpholine rings is 1. The Balaban J connectivity index is 1.71. The van der Waals surface area contributed by atoms with Gasteiger partial charge in [-0.25, -0.2) is 4.79 Å². The van der Waals surface area contributed by atoms with E-state index in [0.29, 0.717) is 54.7 Å². The second-order valence-corrected chi connectivity index (χ2v) is 7.56. The highest BCUT2D eigenvalue weighted by atomic mass is 16.5. The van der Waals surface area contributed by atoms with Crippen LogP contribution in [-0.4, -0.2) is 52.5 Å². The second-order valence-electron chi connectivity index (χ2n) is 7.56. The van der Waals surface area contributed by atoms with Crippen LogP contribution in [0.1, 0.15) is 24.2 Å². The summed E-state index contributed by atoms with van der Waals surface area (Å²) in [6.07, 6.45) is 0. The van der Waals surface area contributed by atoms with Crippen LogP contribution >= 0.6 is 0 Å². The van der Waals surface area contributed by atoms with Crippen molar-refractivity contribution >= 4 is 28.3 Å². The van der Waals surface area contributed by atoms with Gasteiger partial charge in [-0.05, 0) is 26.0 Å². The van der Waals surface area contributed by atoms with Gasteiger partial charge in [0.15, 0.2) is 11.3 Å². The third-order valence-electron chi connectivity index (χ3n) is 5.45. The number of methoxy groups -OCH3 is 1. The summed E-state index contributed by atoms with van der Waals surface area (Å²) in [4.78, 5) is 27.9. The van der Waals surface area contributed by atoms with E-state index in [1.807, 2.05) is 19.9 Å². The summed E-state index contributed by atoms with van der Waals surface area (Å²) >= 11 is 0. The van der Waals surface area contributed by atoms with E-state index in [0.717, 1.165) is 18.8 Å². The Labute approximate surface area is 197 Å². The van der Waals surface area contributed by atoms with E-state index >= 15 is 0 Å². The molecule has 0 unspecified atom stereocenters. The first-order valence-corrected chi connectivity index (χ1v) is 11.2. The summed E-state index contributed by atoms with van der Waals surface area (Å²) in [6, 6.07) is 10.3. The van der Waals surface area contributed by atoms with Crippen molar-refractivity contribution in [3.05, 3.63) is 52.4 Å². The first-order valence-electron chi connectivity index (χ1n) is 11.2. The van der Waals surface area contributed by atoms with Gasteiger partial charge < -0.3 is 33.6 Å². The lowest BCUT2D eigenvalue weighted by molar-refractivity contribution is 0.102. The van der Waals surface area contributed by atoms with Gasteiger partial charge in [0, 0.05) is 30.6 Å². The van der Waals surface area contributed by atoms with Gasteiger partial charge in [-0.3, -0.25) is 4.79 Å². The highest BCUT2D eigenvalue weighted by Gasteiger charge is 2.22. The number of carbonyl (C=O) groups is 1.